The zero-order valence-corrected chi connectivity index (χ0v) is 11.8. The number of fused-ring (bicyclic) bond motifs is 1. The van der Waals surface area contributed by atoms with E-state index in [1.165, 1.54) is 10.9 Å². The lowest BCUT2D eigenvalue weighted by molar-refractivity contribution is 0.0963. The van der Waals surface area contributed by atoms with Gasteiger partial charge in [-0.15, -0.1) is 0 Å². The van der Waals surface area contributed by atoms with Gasteiger partial charge in [0.15, 0.2) is 0 Å². The van der Waals surface area contributed by atoms with Crippen LogP contribution < -0.4 is 0 Å². The van der Waals surface area contributed by atoms with Crippen LogP contribution >= 0.6 is 0 Å². The summed E-state index contributed by atoms with van der Waals surface area (Å²) < 4.78 is 1.84. The Morgan fingerprint density at radius 1 is 1.00 bits per heavy atom. The average molecular weight is 263 g/mol. The highest BCUT2D eigenvalue weighted by Gasteiger charge is 2.18. The molecule has 2 nitrogen and oxygen atoms in total. The van der Waals surface area contributed by atoms with Crippen molar-refractivity contribution in [2.45, 2.75) is 20.3 Å². The summed E-state index contributed by atoms with van der Waals surface area (Å²) in [5, 5.41) is 1.18. The van der Waals surface area contributed by atoms with E-state index in [9.17, 15) is 4.79 Å². The lowest BCUT2D eigenvalue weighted by Gasteiger charge is -2.07. The van der Waals surface area contributed by atoms with Crippen LogP contribution in [0.1, 0.15) is 28.5 Å². The Morgan fingerprint density at radius 2 is 1.65 bits per heavy atom. The van der Waals surface area contributed by atoms with Crippen molar-refractivity contribution in [1.82, 2.24) is 4.57 Å². The topological polar surface area (TPSA) is 22.0 Å². The fourth-order valence-corrected chi connectivity index (χ4v) is 2.85. The summed E-state index contributed by atoms with van der Waals surface area (Å²) in [5.74, 6) is 0.0407. The number of aromatic nitrogens is 1. The number of carbonyl (C=O) groups is 1. The Balaban J connectivity index is 2.27. The van der Waals surface area contributed by atoms with Crippen molar-refractivity contribution in [3.05, 3.63) is 71.4 Å². The quantitative estimate of drug-likeness (QED) is 0.679. The maximum Gasteiger partial charge on any atom is 0.262 e. The smallest absolute Gasteiger partial charge is 0.262 e. The fourth-order valence-electron chi connectivity index (χ4n) is 2.85. The van der Waals surface area contributed by atoms with E-state index in [1.807, 2.05) is 60.0 Å². The zero-order valence-electron chi connectivity index (χ0n) is 11.8. The van der Waals surface area contributed by atoms with Crippen molar-refractivity contribution in [2.75, 3.05) is 0 Å². The van der Waals surface area contributed by atoms with Crippen molar-refractivity contribution in [3.63, 3.8) is 0 Å². The normalized spacial score (nSPS) is 10.9. The average Bonchev–Trinajstić information content (AvgIpc) is 2.79. The minimum atomic E-state index is 0.0407. The molecule has 0 atom stereocenters. The summed E-state index contributed by atoms with van der Waals surface area (Å²) in [5.41, 5.74) is 4.02. The Hall–Kier alpha value is -2.35. The number of hydrogen-bond acceptors (Lipinski definition) is 1. The molecule has 0 aliphatic carbocycles. The number of rotatable bonds is 2. The fraction of sp³-hybridized carbons (Fsp3) is 0.167. The van der Waals surface area contributed by atoms with E-state index in [-0.39, 0.29) is 5.91 Å². The van der Waals surface area contributed by atoms with Crippen LogP contribution in [0.4, 0.5) is 0 Å². The molecule has 0 spiro atoms. The van der Waals surface area contributed by atoms with Crippen LogP contribution in [-0.4, -0.2) is 10.5 Å². The van der Waals surface area contributed by atoms with Crippen LogP contribution in [-0.2, 0) is 6.42 Å². The molecular formula is C18H17NO. The molecule has 2 heteroatoms. The molecule has 0 aliphatic rings. The highest BCUT2D eigenvalue weighted by molar-refractivity contribution is 6.04. The predicted molar refractivity (Wildman–Crippen MR) is 82.2 cm³/mol. The van der Waals surface area contributed by atoms with Crippen LogP contribution in [0, 0.1) is 6.92 Å². The third-order valence-electron chi connectivity index (χ3n) is 3.82. The predicted octanol–water partition coefficient (Wildman–Crippen LogP) is 4.20. The molecule has 0 unspecified atom stereocenters. The van der Waals surface area contributed by atoms with Gasteiger partial charge >= 0.3 is 0 Å². The van der Waals surface area contributed by atoms with E-state index in [0.29, 0.717) is 0 Å². The summed E-state index contributed by atoms with van der Waals surface area (Å²) in [4.78, 5) is 12.8. The lowest BCUT2D eigenvalue weighted by atomic mass is 10.1. The third-order valence-corrected chi connectivity index (χ3v) is 3.82. The minimum Gasteiger partial charge on any atom is -0.280 e. The van der Waals surface area contributed by atoms with Gasteiger partial charge in [-0.25, -0.2) is 0 Å². The largest absolute Gasteiger partial charge is 0.280 e. The molecule has 0 N–H and O–H groups in total. The molecule has 3 rings (SSSR count). The van der Waals surface area contributed by atoms with Crippen LogP contribution in [0.5, 0.6) is 0 Å². The van der Waals surface area contributed by atoms with Crippen molar-refractivity contribution in [1.29, 1.82) is 0 Å². The van der Waals surface area contributed by atoms with Crippen LogP contribution in [0.3, 0.4) is 0 Å². The molecule has 0 saturated carbocycles. The van der Waals surface area contributed by atoms with Crippen molar-refractivity contribution in [3.8, 4) is 0 Å². The van der Waals surface area contributed by atoms with Gasteiger partial charge in [0.25, 0.3) is 5.91 Å². The van der Waals surface area contributed by atoms with E-state index >= 15 is 0 Å². The number of nitrogens with zero attached hydrogens (tertiary/aromatic N) is 1. The molecule has 0 aliphatic heterocycles. The number of carbonyl (C=O) groups excluding carboxylic acids is 1. The first-order valence-corrected chi connectivity index (χ1v) is 6.92. The second-order valence-electron chi connectivity index (χ2n) is 4.94. The minimum absolute atomic E-state index is 0.0407. The van der Waals surface area contributed by atoms with E-state index in [1.54, 1.807) is 0 Å². The van der Waals surface area contributed by atoms with Crippen LogP contribution in [0.2, 0.25) is 0 Å². The highest BCUT2D eigenvalue weighted by Crippen LogP contribution is 2.27. The van der Waals surface area contributed by atoms with E-state index < -0.39 is 0 Å². The summed E-state index contributed by atoms with van der Waals surface area (Å²) >= 11 is 0. The molecule has 2 aromatic carbocycles. The standard InChI is InChI=1S/C18H17NO/c1-3-15-13(2)19(17-12-8-7-11-16(15)17)18(20)14-9-5-4-6-10-14/h4-12H,3H2,1-2H3. The number of aryl methyl sites for hydroxylation is 1. The Bertz CT molecular complexity index is 769. The number of benzene rings is 2. The van der Waals surface area contributed by atoms with Crippen LogP contribution in [0.15, 0.2) is 54.6 Å². The number of hydrogen-bond donors (Lipinski definition) is 0. The van der Waals surface area contributed by atoms with Crippen LogP contribution in [0.25, 0.3) is 10.9 Å². The van der Waals surface area contributed by atoms with Crippen molar-refractivity contribution in [2.24, 2.45) is 0 Å². The summed E-state index contributed by atoms with van der Waals surface area (Å²) in [6.07, 6.45) is 0.932. The number of para-hydroxylation sites is 1. The molecule has 100 valence electrons. The van der Waals surface area contributed by atoms with Gasteiger partial charge in [-0.3, -0.25) is 9.36 Å². The highest BCUT2D eigenvalue weighted by atomic mass is 16.2. The van der Waals surface area contributed by atoms with Gasteiger partial charge in [0.2, 0.25) is 0 Å². The second-order valence-corrected chi connectivity index (χ2v) is 4.94. The monoisotopic (exact) mass is 263 g/mol. The van der Waals surface area contributed by atoms with Gasteiger partial charge in [-0.2, -0.15) is 0 Å². The first-order valence-electron chi connectivity index (χ1n) is 6.92. The first-order chi connectivity index (χ1) is 9.74. The molecule has 0 amide bonds. The van der Waals surface area contributed by atoms with E-state index in [0.717, 1.165) is 23.2 Å². The first kappa shape index (κ1) is 12.7. The molecule has 3 aromatic rings. The van der Waals surface area contributed by atoms with E-state index in [2.05, 4.69) is 13.0 Å². The summed E-state index contributed by atoms with van der Waals surface area (Å²) in [6.45, 7) is 4.16. The second kappa shape index (κ2) is 4.97. The van der Waals surface area contributed by atoms with Gasteiger partial charge in [0, 0.05) is 16.6 Å². The molecule has 1 aromatic heterocycles. The molecule has 1 heterocycles. The maximum absolute atomic E-state index is 12.8. The molecule has 0 saturated heterocycles. The van der Waals surface area contributed by atoms with Gasteiger partial charge in [-0.05, 0) is 37.1 Å². The molecule has 0 radical (unpaired) electrons. The van der Waals surface area contributed by atoms with Gasteiger partial charge in [-0.1, -0.05) is 43.3 Å². The molecular weight excluding hydrogens is 246 g/mol. The van der Waals surface area contributed by atoms with Crippen molar-refractivity contribution >= 4 is 16.8 Å². The summed E-state index contributed by atoms with van der Waals surface area (Å²) in [6, 6.07) is 17.6. The molecule has 0 bridgehead atoms. The summed E-state index contributed by atoms with van der Waals surface area (Å²) in [7, 11) is 0. The Morgan fingerprint density at radius 3 is 2.35 bits per heavy atom. The molecule has 0 fully saturated rings. The zero-order chi connectivity index (χ0) is 14.1. The van der Waals surface area contributed by atoms with Gasteiger partial charge in [0.1, 0.15) is 0 Å². The van der Waals surface area contributed by atoms with Gasteiger partial charge in [0.05, 0.1) is 5.52 Å². The molecule has 20 heavy (non-hydrogen) atoms. The maximum atomic E-state index is 12.8. The van der Waals surface area contributed by atoms with E-state index in [4.69, 9.17) is 0 Å². The Labute approximate surface area is 118 Å². The SMILES string of the molecule is CCc1c(C)n(C(=O)c2ccccc2)c2ccccc12. The third kappa shape index (κ3) is 1.85. The van der Waals surface area contributed by atoms with Crippen molar-refractivity contribution < 1.29 is 4.79 Å². The Kier molecular flexibility index (Phi) is 3.15. The lowest BCUT2D eigenvalue weighted by Crippen LogP contribution is -2.13. The van der Waals surface area contributed by atoms with Gasteiger partial charge < -0.3 is 0 Å².